The van der Waals surface area contributed by atoms with Crippen LogP contribution in [0.3, 0.4) is 0 Å². The molecule has 5 rings (SSSR count). The van der Waals surface area contributed by atoms with E-state index < -0.39 is 6.10 Å². The minimum Gasteiger partial charge on any atom is -0.385 e. The Morgan fingerprint density at radius 2 is 1.37 bits per heavy atom. The van der Waals surface area contributed by atoms with E-state index in [0.717, 1.165) is 49.0 Å². The van der Waals surface area contributed by atoms with Crippen LogP contribution in [0.25, 0.3) is 11.4 Å². The van der Waals surface area contributed by atoms with Gasteiger partial charge >= 0.3 is 0 Å². The Balaban J connectivity index is 1.27. The van der Waals surface area contributed by atoms with Gasteiger partial charge in [0.05, 0.1) is 11.7 Å². The summed E-state index contributed by atoms with van der Waals surface area (Å²) in [5.41, 5.74) is 6.68. The highest BCUT2D eigenvalue weighted by atomic mass is 16.3. The molecule has 1 aliphatic rings. The van der Waals surface area contributed by atoms with Gasteiger partial charge in [-0.25, -0.2) is 4.98 Å². The Morgan fingerprint density at radius 1 is 0.816 bits per heavy atom. The van der Waals surface area contributed by atoms with Crippen LogP contribution < -0.4 is 0 Å². The standard InChI is InChI=1S/C33H40N4O/c1-24-30(35-32(34-24)27-17-11-12-18-28(27)33(2,3)4)29(38)23-36-19-21-37(22-20-36)31(25-13-7-5-8-14-25)26-15-9-6-10-16-26/h5-18,29,31,38H,19-23H2,1-4H3,(H,34,35). The number of benzene rings is 3. The van der Waals surface area contributed by atoms with Gasteiger partial charge in [0.1, 0.15) is 11.9 Å². The van der Waals surface area contributed by atoms with E-state index >= 15 is 0 Å². The summed E-state index contributed by atoms with van der Waals surface area (Å²) in [7, 11) is 0. The van der Waals surface area contributed by atoms with Crippen LogP contribution in [-0.2, 0) is 5.41 Å². The van der Waals surface area contributed by atoms with Crippen molar-refractivity contribution in [3.8, 4) is 11.4 Å². The number of aromatic nitrogens is 2. The van der Waals surface area contributed by atoms with E-state index in [9.17, 15) is 5.11 Å². The molecule has 0 bridgehead atoms. The van der Waals surface area contributed by atoms with Crippen molar-refractivity contribution in [1.82, 2.24) is 19.8 Å². The Labute approximate surface area is 227 Å². The van der Waals surface area contributed by atoms with Crippen LogP contribution >= 0.6 is 0 Å². The lowest BCUT2D eigenvalue weighted by Crippen LogP contribution is -2.48. The maximum Gasteiger partial charge on any atom is 0.138 e. The highest BCUT2D eigenvalue weighted by Crippen LogP contribution is 2.33. The molecule has 5 nitrogen and oxygen atoms in total. The number of imidazole rings is 1. The number of β-amino-alcohol motifs (C(OH)–C–C–N with tert-alkyl or cyclic N) is 1. The summed E-state index contributed by atoms with van der Waals surface area (Å²) in [6.45, 7) is 13.0. The second kappa shape index (κ2) is 11.2. The minimum absolute atomic E-state index is 0.00705. The first-order valence-corrected chi connectivity index (χ1v) is 13.7. The number of nitrogens with one attached hydrogen (secondary N) is 1. The number of hydrogen-bond acceptors (Lipinski definition) is 4. The van der Waals surface area contributed by atoms with Gasteiger partial charge in [0, 0.05) is 44.0 Å². The van der Waals surface area contributed by atoms with Gasteiger partial charge in [-0.1, -0.05) is 106 Å². The molecule has 5 heteroatoms. The molecule has 1 aliphatic heterocycles. The average Bonchev–Trinajstić information content (AvgIpc) is 3.32. The van der Waals surface area contributed by atoms with Gasteiger partial charge in [0.25, 0.3) is 0 Å². The van der Waals surface area contributed by atoms with Gasteiger partial charge in [-0.3, -0.25) is 9.80 Å². The van der Waals surface area contributed by atoms with Crippen LogP contribution in [0.2, 0.25) is 0 Å². The molecule has 1 fully saturated rings. The molecule has 0 amide bonds. The first kappa shape index (κ1) is 26.4. The molecule has 4 aromatic rings. The van der Waals surface area contributed by atoms with Crippen molar-refractivity contribution in [3.05, 3.63) is 113 Å². The first-order valence-electron chi connectivity index (χ1n) is 13.7. The van der Waals surface area contributed by atoms with Gasteiger partial charge in [-0.2, -0.15) is 0 Å². The second-order valence-corrected chi connectivity index (χ2v) is 11.5. The Hall–Kier alpha value is -3.25. The van der Waals surface area contributed by atoms with Gasteiger partial charge in [-0.05, 0) is 29.0 Å². The molecule has 1 atom stereocenters. The smallest absolute Gasteiger partial charge is 0.138 e. The molecule has 1 aromatic heterocycles. The topological polar surface area (TPSA) is 55.4 Å². The van der Waals surface area contributed by atoms with Crippen LogP contribution in [0.15, 0.2) is 84.9 Å². The monoisotopic (exact) mass is 508 g/mol. The molecule has 1 saturated heterocycles. The lowest BCUT2D eigenvalue weighted by atomic mass is 9.83. The number of aliphatic hydroxyl groups is 1. The van der Waals surface area contributed by atoms with Crippen LogP contribution in [0.1, 0.15) is 61.0 Å². The maximum atomic E-state index is 11.2. The number of aliphatic hydroxyl groups excluding tert-OH is 1. The van der Waals surface area contributed by atoms with E-state index in [2.05, 4.69) is 120 Å². The number of rotatable bonds is 7. The van der Waals surface area contributed by atoms with Crippen molar-refractivity contribution < 1.29 is 5.11 Å². The zero-order valence-corrected chi connectivity index (χ0v) is 23.1. The van der Waals surface area contributed by atoms with Gasteiger partial charge < -0.3 is 10.1 Å². The third-order valence-electron chi connectivity index (χ3n) is 7.66. The fourth-order valence-corrected chi connectivity index (χ4v) is 5.69. The summed E-state index contributed by atoms with van der Waals surface area (Å²) in [5, 5.41) is 11.2. The maximum absolute atomic E-state index is 11.2. The van der Waals surface area contributed by atoms with Crippen molar-refractivity contribution in [1.29, 1.82) is 0 Å². The lowest BCUT2D eigenvalue weighted by Gasteiger charge is -2.40. The van der Waals surface area contributed by atoms with Crippen molar-refractivity contribution >= 4 is 0 Å². The molecule has 0 spiro atoms. The normalized spacial score (nSPS) is 16.2. The van der Waals surface area contributed by atoms with Crippen LogP contribution in [0, 0.1) is 6.92 Å². The predicted octanol–water partition coefficient (Wildman–Crippen LogP) is 6.12. The predicted molar refractivity (Wildman–Crippen MR) is 155 cm³/mol. The molecule has 1 unspecified atom stereocenters. The van der Waals surface area contributed by atoms with E-state index in [1.807, 2.05) is 6.92 Å². The number of piperazine rings is 1. The Kier molecular flexibility index (Phi) is 7.80. The molecule has 198 valence electrons. The molecule has 3 aromatic carbocycles. The number of aromatic amines is 1. The minimum atomic E-state index is -0.632. The first-order chi connectivity index (χ1) is 18.3. The van der Waals surface area contributed by atoms with Crippen molar-refractivity contribution in [2.75, 3.05) is 32.7 Å². The number of nitrogens with zero attached hydrogens (tertiary/aromatic N) is 3. The Bertz CT molecular complexity index is 1280. The SMILES string of the molecule is Cc1[nH]c(-c2ccccc2C(C)(C)C)nc1C(O)CN1CCN(C(c2ccccc2)c2ccccc2)CC1. The van der Waals surface area contributed by atoms with E-state index in [1.165, 1.54) is 16.7 Å². The molecular formula is C33H40N4O. The Morgan fingerprint density at radius 3 is 1.95 bits per heavy atom. The lowest BCUT2D eigenvalue weighted by molar-refractivity contribution is 0.0606. The zero-order valence-electron chi connectivity index (χ0n) is 23.1. The van der Waals surface area contributed by atoms with Gasteiger partial charge in [-0.15, -0.1) is 0 Å². The summed E-state index contributed by atoms with van der Waals surface area (Å²) in [4.78, 5) is 13.3. The number of H-pyrrole nitrogens is 1. The van der Waals surface area contributed by atoms with Crippen molar-refractivity contribution in [2.45, 2.75) is 45.3 Å². The van der Waals surface area contributed by atoms with Crippen molar-refractivity contribution in [2.24, 2.45) is 0 Å². The number of aryl methyl sites for hydroxylation is 1. The van der Waals surface area contributed by atoms with E-state index in [0.29, 0.717) is 6.54 Å². The van der Waals surface area contributed by atoms with Crippen LogP contribution in [-0.4, -0.2) is 57.6 Å². The highest BCUT2D eigenvalue weighted by Gasteiger charge is 2.28. The van der Waals surface area contributed by atoms with E-state index in [1.54, 1.807) is 0 Å². The number of hydrogen-bond donors (Lipinski definition) is 2. The molecule has 0 aliphatic carbocycles. The van der Waals surface area contributed by atoms with Gasteiger partial charge in [0.15, 0.2) is 0 Å². The molecule has 38 heavy (non-hydrogen) atoms. The second-order valence-electron chi connectivity index (χ2n) is 11.5. The molecule has 0 radical (unpaired) electrons. The fraction of sp³-hybridized carbons (Fsp3) is 0.364. The third-order valence-corrected chi connectivity index (χ3v) is 7.66. The molecule has 2 N–H and O–H groups in total. The highest BCUT2D eigenvalue weighted by molar-refractivity contribution is 5.63. The van der Waals surface area contributed by atoms with E-state index in [-0.39, 0.29) is 11.5 Å². The van der Waals surface area contributed by atoms with Gasteiger partial charge in [0.2, 0.25) is 0 Å². The molecule has 0 saturated carbocycles. The van der Waals surface area contributed by atoms with Crippen LogP contribution in [0.4, 0.5) is 0 Å². The summed E-state index contributed by atoms with van der Waals surface area (Å²) in [6, 6.07) is 30.2. The third kappa shape index (κ3) is 5.75. The van der Waals surface area contributed by atoms with E-state index in [4.69, 9.17) is 4.98 Å². The summed E-state index contributed by atoms with van der Waals surface area (Å²) < 4.78 is 0. The summed E-state index contributed by atoms with van der Waals surface area (Å²) in [5.74, 6) is 0.834. The molecule has 2 heterocycles. The van der Waals surface area contributed by atoms with Crippen LogP contribution in [0.5, 0.6) is 0 Å². The average molecular weight is 509 g/mol. The molecular weight excluding hydrogens is 468 g/mol. The fourth-order valence-electron chi connectivity index (χ4n) is 5.69. The quantitative estimate of drug-likeness (QED) is 0.316. The zero-order chi connectivity index (χ0) is 26.7. The summed E-state index contributed by atoms with van der Waals surface area (Å²) in [6.07, 6.45) is -0.632. The summed E-state index contributed by atoms with van der Waals surface area (Å²) >= 11 is 0. The van der Waals surface area contributed by atoms with Crippen molar-refractivity contribution in [3.63, 3.8) is 0 Å². The largest absolute Gasteiger partial charge is 0.385 e.